The fourth-order valence-electron chi connectivity index (χ4n) is 2.02. The third-order valence-electron chi connectivity index (χ3n) is 3.19. The molecule has 2 heterocycles. The van der Waals surface area contributed by atoms with Crippen molar-refractivity contribution in [1.29, 1.82) is 0 Å². The monoisotopic (exact) mass is 303 g/mol. The number of carboxylic acid groups (broad SMARTS) is 1. The van der Waals surface area contributed by atoms with Gasteiger partial charge in [-0.1, -0.05) is 0 Å². The Labute approximate surface area is 116 Å². The number of sulfonamides is 1. The van der Waals surface area contributed by atoms with Crippen LogP contribution in [0.15, 0.2) is 17.3 Å². The zero-order chi connectivity index (χ0) is 14.8. The zero-order valence-electron chi connectivity index (χ0n) is 11.1. The summed E-state index contributed by atoms with van der Waals surface area (Å²) in [5, 5.41) is 12.4. The summed E-state index contributed by atoms with van der Waals surface area (Å²) in [6.45, 7) is 2.48. The molecule has 1 aromatic rings. The Bertz CT molecular complexity index is 589. The third-order valence-corrected chi connectivity index (χ3v) is 4.79. The molecule has 0 amide bonds. The molecule has 1 aliphatic heterocycles. The first kappa shape index (κ1) is 14.9. The average molecular weight is 303 g/mol. The molecule has 2 rings (SSSR count). The van der Waals surface area contributed by atoms with Crippen LogP contribution in [0.2, 0.25) is 0 Å². The van der Waals surface area contributed by atoms with Gasteiger partial charge in [-0.3, -0.25) is 9.48 Å². The lowest BCUT2D eigenvalue weighted by molar-refractivity contribution is -0.137. The molecule has 0 aliphatic carbocycles. The van der Waals surface area contributed by atoms with E-state index >= 15 is 0 Å². The Balaban J connectivity index is 2.13. The van der Waals surface area contributed by atoms with E-state index in [1.807, 2.05) is 6.92 Å². The predicted octanol–water partition coefficient (Wildman–Crippen LogP) is -0.185. The van der Waals surface area contributed by atoms with Gasteiger partial charge in [0.05, 0.1) is 6.20 Å². The van der Waals surface area contributed by atoms with Gasteiger partial charge in [0.15, 0.2) is 0 Å². The smallest absolute Gasteiger partial charge is 0.325 e. The molecule has 0 bridgehead atoms. The summed E-state index contributed by atoms with van der Waals surface area (Å²) in [5.74, 6) is -1.08. The largest absolute Gasteiger partial charge is 0.480 e. The summed E-state index contributed by atoms with van der Waals surface area (Å²) in [6, 6.07) is 0. The van der Waals surface area contributed by atoms with E-state index in [4.69, 9.17) is 9.84 Å². The SMILES string of the molecule is CC1(NS(=O)(=O)c2cnn(CC(=O)O)c2)CCOCC1. The summed E-state index contributed by atoms with van der Waals surface area (Å²) in [7, 11) is -3.72. The van der Waals surface area contributed by atoms with Gasteiger partial charge in [0.2, 0.25) is 10.0 Å². The molecule has 9 heteroatoms. The second-order valence-electron chi connectivity index (χ2n) is 5.05. The van der Waals surface area contributed by atoms with E-state index < -0.39 is 21.5 Å². The molecule has 0 atom stereocenters. The quantitative estimate of drug-likeness (QED) is 0.780. The number of hydrogen-bond donors (Lipinski definition) is 2. The van der Waals surface area contributed by atoms with Gasteiger partial charge in [0, 0.05) is 24.9 Å². The summed E-state index contributed by atoms with van der Waals surface area (Å²) in [6.07, 6.45) is 3.54. The maximum atomic E-state index is 12.3. The second-order valence-corrected chi connectivity index (χ2v) is 6.73. The van der Waals surface area contributed by atoms with Crippen LogP contribution in [0.4, 0.5) is 0 Å². The van der Waals surface area contributed by atoms with Crippen molar-refractivity contribution in [3.8, 4) is 0 Å². The van der Waals surface area contributed by atoms with Crippen molar-refractivity contribution in [1.82, 2.24) is 14.5 Å². The standard InChI is InChI=1S/C11H17N3O5S/c1-11(2-4-19-5-3-11)13-20(17,18)9-6-12-14(7-9)8-10(15)16/h6-7,13H,2-5,8H2,1H3,(H,15,16). The Hall–Kier alpha value is -1.45. The molecular formula is C11H17N3O5S. The van der Waals surface area contributed by atoms with E-state index in [9.17, 15) is 13.2 Å². The maximum Gasteiger partial charge on any atom is 0.325 e. The van der Waals surface area contributed by atoms with Crippen molar-refractivity contribution < 1.29 is 23.1 Å². The van der Waals surface area contributed by atoms with Gasteiger partial charge >= 0.3 is 5.97 Å². The molecule has 0 unspecified atom stereocenters. The molecule has 0 aromatic carbocycles. The molecule has 20 heavy (non-hydrogen) atoms. The van der Waals surface area contributed by atoms with Gasteiger partial charge in [-0.15, -0.1) is 0 Å². The number of carbonyl (C=O) groups is 1. The van der Waals surface area contributed by atoms with Crippen LogP contribution in [0.5, 0.6) is 0 Å². The number of hydrogen-bond acceptors (Lipinski definition) is 5. The van der Waals surface area contributed by atoms with E-state index in [1.165, 1.54) is 6.20 Å². The topological polar surface area (TPSA) is 111 Å². The van der Waals surface area contributed by atoms with E-state index in [-0.39, 0.29) is 11.4 Å². The molecule has 0 spiro atoms. The van der Waals surface area contributed by atoms with Gasteiger partial charge in [-0.2, -0.15) is 5.10 Å². The summed E-state index contributed by atoms with van der Waals surface area (Å²) >= 11 is 0. The van der Waals surface area contributed by atoms with Crippen molar-refractivity contribution in [2.75, 3.05) is 13.2 Å². The highest BCUT2D eigenvalue weighted by Crippen LogP contribution is 2.22. The van der Waals surface area contributed by atoms with E-state index in [1.54, 1.807) is 0 Å². The van der Waals surface area contributed by atoms with Gasteiger partial charge < -0.3 is 9.84 Å². The van der Waals surface area contributed by atoms with Crippen LogP contribution in [0, 0.1) is 0 Å². The molecule has 1 saturated heterocycles. The number of ether oxygens (including phenoxy) is 1. The maximum absolute atomic E-state index is 12.3. The van der Waals surface area contributed by atoms with Crippen LogP contribution >= 0.6 is 0 Å². The van der Waals surface area contributed by atoms with E-state index in [0.29, 0.717) is 26.1 Å². The highest BCUT2D eigenvalue weighted by Gasteiger charge is 2.33. The van der Waals surface area contributed by atoms with Gasteiger partial charge in [-0.05, 0) is 19.8 Å². The van der Waals surface area contributed by atoms with Gasteiger partial charge in [0.25, 0.3) is 0 Å². The van der Waals surface area contributed by atoms with Gasteiger partial charge in [-0.25, -0.2) is 13.1 Å². The highest BCUT2D eigenvalue weighted by atomic mass is 32.2. The Morgan fingerprint density at radius 1 is 1.55 bits per heavy atom. The molecule has 8 nitrogen and oxygen atoms in total. The minimum atomic E-state index is -3.72. The number of nitrogens with zero attached hydrogens (tertiary/aromatic N) is 2. The van der Waals surface area contributed by atoms with Crippen LogP contribution in [-0.2, 0) is 26.1 Å². The molecule has 0 saturated carbocycles. The highest BCUT2D eigenvalue weighted by molar-refractivity contribution is 7.89. The predicted molar refractivity (Wildman–Crippen MR) is 68.6 cm³/mol. The first-order valence-electron chi connectivity index (χ1n) is 6.17. The van der Waals surface area contributed by atoms with E-state index in [2.05, 4.69) is 9.82 Å². The minimum absolute atomic E-state index is 0.0357. The lowest BCUT2D eigenvalue weighted by Gasteiger charge is -2.33. The lowest BCUT2D eigenvalue weighted by atomic mass is 9.94. The molecule has 112 valence electrons. The van der Waals surface area contributed by atoms with Gasteiger partial charge in [0.1, 0.15) is 11.4 Å². The molecular weight excluding hydrogens is 286 g/mol. The van der Waals surface area contributed by atoms with E-state index in [0.717, 1.165) is 10.9 Å². The number of rotatable bonds is 5. The zero-order valence-corrected chi connectivity index (χ0v) is 11.9. The van der Waals surface area contributed by atoms with Crippen molar-refractivity contribution in [2.45, 2.75) is 36.7 Å². The molecule has 2 N–H and O–H groups in total. The first-order chi connectivity index (χ1) is 9.31. The molecule has 1 aromatic heterocycles. The fourth-order valence-corrected chi connectivity index (χ4v) is 3.43. The number of carboxylic acids is 1. The molecule has 1 aliphatic rings. The van der Waals surface area contributed by atoms with Crippen molar-refractivity contribution >= 4 is 16.0 Å². The van der Waals surface area contributed by atoms with Crippen LogP contribution in [-0.4, -0.2) is 48.0 Å². The fraction of sp³-hybridized carbons (Fsp3) is 0.636. The number of nitrogens with one attached hydrogen (secondary N) is 1. The van der Waals surface area contributed by atoms with Crippen LogP contribution in [0.1, 0.15) is 19.8 Å². The van der Waals surface area contributed by atoms with Crippen molar-refractivity contribution in [3.63, 3.8) is 0 Å². The summed E-state index contributed by atoms with van der Waals surface area (Å²) < 4.78 is 33.4. The average Bonchev–Trinajstić information content (AvgIpc) is 2.77. The van der Waals surface area contributed by atoms with Crippen molar-refractivity contribution in [3.05, 3.63) is 12.4 Å². The Morgan fingerprint density at radius 2 is 2.20 bits per heavy atom. The number of aliphatic carboxylic acids is 1. The van der Waals surface area contributed by atoms with Crippen molar-refractivity contribution in [2.24, 2.45) is 0 Å². The van der Waals surface area contributed by atoms with Crippen LogP contribution in [0.3, 0.4) is 0 Å². The second kappa shape index (κ2) is 5.51. The Morgan fingerprint density at radius 3 is 2.80 bits per heavy atom. The lowest BCUT2D eigenvalue weighted by Crippen LogP contribution is -2.49. The summed E-state index contributed by atoms with van der Waals surface area (Å²) in [4.78, 5) is 10.5. The molecule has 0 radical (unpaired) electrons. The molecule has 1 fully saturated rings. The van der Waals surface area contributed by atoms with Crippen LogP contribution in [0.25, 0.3) is 0 Å². The third kappa shape index (κ3) is 3.56. The van der Waals surface area contributed by atoms with Crippen LogP contribution < -0.4 is 4.72 Å². The summed E-state index contributed by atoms with van der Waals surface area (Å²) in [5.41, 5.74) is -0.550. The first-order valence-corrected chi connectivity index (χ1v) is 7.65. The minimum Gasteiger partial charge on any atom is -0.480 e. The normalized spacial score (nSPS) is 18.9. The Kier molecular flexibility index (Phi) is 4.11. The number of aromatic nitrogens is 2.